The predicted octanol–water partition coefficient (Wildman–Crippen LogP) is 2.51. The quantitative estimate of drug-likeness (QED) is 0.347. The lowest BCUT2D eigenvalue weighted by Crippen LogP contribution is -2.28. The van der Waals surface area contributed by atoms with Crippen molar-refractivity contribution in [3.63, 3.8) is 0 Å². The van der Waals surface area contributed by atoms with Crippen molar-refractivity contribution < 1.29 is 4.42 Å². The highest BCUT2D eigenvalue weighted by Crippen LogP contribution is 2.29. The molecule has 1 rings (SSSR count). The van der Waals surface area contributed by atoms with Gasteiger partial charge >= 0.3 is 0 Å². The van der Waals surface area contributed by atoms with Crippen LogP contribution in [0.15, 0.2) is 4.42 Å². The van der Waals surface area contributed by atoms with E-state index in [2.05, 4.69) is 18.3 Å². The van der Waals surface area contributed by atoms with Crippen LogP contribution in [-0.2, 0) is 0 Å². The van der Waals surface area contributed by atoms with E-state index in [1.165, 1.54) is 11.1 Å². The molecule has 3 nitrogen and oxygen atoms in total. The molecule has 0 saturated carbocycles. The molecule has 0 fully saturated rings. The van der Waals surface area contributed by atoms with E-state index in [9.17, 15) is 0 Å². The molecule has 0 amide bonds. The van der Waals surface area contributed by atoms with Crippen molar-refractivity contribution >= 4 is 0 Å². The second-order valence-electron chi connectivity index (χ2n) is 4.07. The Balaban J connectivity index is 2.83. The molecule has 0 aromatic carbocycles. The fraction of sp³-hybridized carbons (Fsp3) is 0.538. The summed E-state index contributed by atoms with van der Waals surface area (Å²) in [6, 6.07) is 0.130. The van der Waals surface area contributed by atoms with Crippen LogP contribution in [0.25, 0.3) is 0 Å². The largest absolute Gasteiger partial charge is 0.466 e. The standard InChI is InChI=1S/C13H20N2O/c1-5-6-7-8-12(15-14)13-9(2)10(3)16-11(13)4/h1,12,15H,6-8,14H2,2-4H3. The van der Waals surface area contributed by atoms with E-state index >= 15 is 0 Å². The van der Waals surface area contributed by atoms with Crippen molar-refractivity contribution in [3.05, 3.63) is 22.6 Å². The van der Waals surface area contributed by atoms with Crippen molar-refractivity contribution in [2.75, 3.05) is 0 Å². The first-order valence-electron chi connectivity index (χ1n) is 5.57. The van der Waals surface area contributed by atoms with Gasteiger partial charge in [-0.05, 0) is 39.2 Å². The van der Waals surface area contributed by atoms with Gasteiger partial charge in [0.2, 0.25) is 0 Å². The first-order valence-corrected chi connectivity index (χ1v) is 5.57. The Morgan fingerprint density at radius 2 is 2.06 bits per heavy atom. The van der Waals surface area contributed by atoms with E-state index in [0.29, 0.717) is 0 Å². The molecule has 0 radical (unpaired) electrons. The van der Waals surface area contributed by atoms with Gasteiger partial charge in [-0.2, -0.15) is 0 Å². The number of aryl methyl sites for hydroxylation is 2. The lowest BCUT2D eigenvalue weighted by Gasteiger charge is -2.15. The molecule has 16 heavy (non-hydrogen) atoms. The number of terminal acetylenes is 1. The highest BCUT2D eigenvalue weighted by molar-refractivity contribution is 5.34. The number of hydrazine groups is 1. The molecule has 1 unspecified atom stereocenters. The summed E-state index contributed by atoms with van der Waals surface area (Å²) in [7, 11) is 0. The van der Waals surface area contributed by atoms with Crippen LogP contribution in [0, 0.1) is 33.1 Å². The molecule has 1 aromatic rings. The van der Waals surface area contributed by atoms with Crippen LogP contribution in [0.1, 0.15) is 48.0 Å². The zero-order chi connectivity index (χ0) is 12.1. The van der Waals surface area contributed by atoms with Gasteiger partial charge in [-0.25, -0.2) is 0 Å². The Labute approximate surface area is 97.4 Å². The lowest BCUT2D eigenvalue weighted by atomic mass is 9.98. The van der Waals surface area contributed by atoms with Gasteiger partial charge in [0.25, 0.3) is 0 Å². The summed E-state index contributed by atoms with van der Waals surface area (Å²) >= 11 is 0. The Kier molecular flexibility index (Phi) is 4.60. The Bertz CT molecular complexity index is 387. The molecule has 1 atom stereocenters. The average Bonchev–Trinajstić information content (AvgIpc) is 2.50. The van der Waals surface area contributed by atoms with Crippen LogP contribution >= 0.6 is 0 Å². The Hall–Kier alpha value is -1.24. The molecule has 0 aliphatic carbocycles. The molecule has 3 heteroatoms. The van der Waals surface area contributed by atoms with Gasteiger partial charge < -0.3 is 4.42 Å². The lowest BCUT2D eigenvalue weighted by molar-refractivity contribution is 0.469. The summed E-state index contributed by atoms with van der Waals surface area (Å²) in [6.45, 7) is 6.01. The van der Waals surface area contributed by atoms with Crippen molar-refractivity contribution in [3.8, 4) is 12.3 Å². The minimum atomic E-state index is 0.130. The maximum atomic E-state index is 5.60. The number of hydrogen-bond donors (Lipinski definition) is 2. The predicted molar refractivity (Wildman–Crippen MR) is 65.7 cm³/mol. The number of nitrogens with one attached hydrogen (secondary N) is 1. The SMILES string of the molecule is C#CCCCC(NN)c1c(C)oc(C)c1C. The number of furan rings is 1. The summed E-state index contributed by atoms with van der Waals surface area (Å²) in [5.74, 6) is 10.1. The first-order chi connectivity index (χ1) is 7.61. The smallest absolute Gasteiger partial charge is 0.106 e. The zero-order valence-electron chi connectivity index (χ0n) is 10.3. The van der Waals surface area contributed by atoms with E-state index in [4.69, 9.17) is 16.7 Å². The monoisotopic (exact) mass is 220 g/mol. The highest BCUT2D eigenvalue weighted by Gasteiger charge is 2.19. The minimum Gasteiger partial charge on any atom is -0.466 e. The van der Waals surface area contributed by atoms with E-state index < -0.39 is 0 Å². The maximum absolute atomic E-state index is 5.60. The maximum Gasteiger partial charge on any atom is 0.106 e. The van der Waals surface area contributed by atoms with Gasteiger partial charge in [-0.1, -0.05) is 0 Å². The fourth-order valence-electron chi connectivity index (χ4n) is 2.04. The van der Waals surface area contributed by atoms with Crippen LogP contribution < -0.4 is 11.3 Å². The van der Waals surface area contributed by atoms with Crippen molar-refractivity contribution in [1.82, 2.24) is 5.43 Å². The molecule has 1 aromatic heterocycles. The summed E-state index contributed by atoms with van der Waals surface area (Å²) in [5.41, 5.74) is 5.20. The Morgan fingerprint density at radius 1 is 1.38 bits per heavy atom. The van der Waals surface area contributed by atoms with E-state index in [1.54, 1.807) is 0 Å². The number of rotatable bonds is 5. The Morgan fingerprint density at radius 3 is 2.50 bits per heavy atom. The number of unbranched alkanes of at least 4 members (excludes halogenated alkanes) is 1. The van der Waals surface area contributed by atoms with Crippen LogP contribution in [0.3, 0.4) is 0 Å². The second-order valence-corrected chi connectivity index (χ2v) is 4.07. The first kappa shape index (κ1) is 12.8. The average molecular weight is 220 g/mol. The zero-order valence-corrected chi connectivity index (χ0v) is 10.3. The van der Waals surface area contributed by atoms with Crippen LogP contribution in [0.5, 0.6) is 0 Å². The number of nitrogens with two attached hydrogens (primary N) is 1. The van der Waals surface area contributed by atoms with Crippen LogP contribution in [0.2, 0.25) is 0 Å². The third kappa shape index (κ3) is 2.66. The summed E-state index contributed by atoms with van der Waals surface area (Å²) in [6.07, 6.45) is 7.92. The molecule has 0 aliphatic rings. The van der Waals surface area contributed by atoms with Gasteiger partial charge in [-0.15, -0.1) is 12.3 Å². The highest BCUT2D eigenvalue weighted by atomic mass is 16.3. The molecule has 88 valence electrons. The topological polar surface area (TPSA) is 51.2 Å². The van der Waals surface area contributed by atoms with Gasteiger partial charge in [0, 0.05) is 18.0 Å². The molecule has 0 aliphatic heterocycles. The molecule has 3 N–H and O–H groups in total. The van der Waals surface area contributed by atoms with Gasteiger partial charge in [0.15, 0.2) is 0 Å². The van der Waals surface area contributed by atoms with Gasteiger partial charge in [0.05, 0.1) is 0 Å². The van der Waals surface area contributed by atoms with Crippen molar-refractivity contribution in [2.45, 2.75) is 46.1 Å². The van der Waals surface area contributed by atoms with Gasteiger partial charge in [0.1, 0.15) is 11.5 Å². The normalized spacial score (nSPS) is 12.4. The van der Waals surface area contributed by atoms with Crippen molar-refractivity contribution in [2.24, 2.45) is 5.84 Å². The third-order valence-electron chi connectivity index (χ3n) is 2.98. The van der Waals surface area contributed by atoms with Crippen LogP contribution in [0.4, 0.5) is 0 Å². The minimum absolute atomic E-state index is 0.130. The van der Waals surface area contributed by atoms with Crippen molar-refractivity contribution in [1.29, 1.82) is 0 Å². The van der Waals surface area contributed by atoms with Crippen LogP contribution in [-0.4, -0.2) is 0 Å². The molecule has 0 saturated heterocycles. The summed E-state index contributed by atoms with van der Waals surface area (Å²) < 4.78 is 5.60. The van der Waals surface area contributed by atoms with E-state index in [-0.39, 0.29) is 6.04 Å². The van der Waals surface area contributed by atoms with Gasteiger partial charge in [-0.3, -0.25) is 11.3 Å². The summed E-state index contributed by atoms with van der Waals surface area (Å²) in [5, 5.41) is 0. The van der Waals surface area contributed by atoms with E-state index in [1.807, 2.05) is 13.8 Å². The molecule has 0 bridgehead atoms. The molecule has 1 heterocycles. The summed E-state index contributed by atoms with van der Waals surface area (Å²) in [4.78, 5) is 0. The molecular weight excluding hydrogens is 200 g/mol. The second kappa shape index (κ2) is 5.74. The molecule has 0 spiro atoms. The molecular formula is C13H20N2O. The van der Waals surface area contributed by atoms with E-state index in [0.717, 1.165) is 30.8 Å². The third-order valence-corrected chi connectivity index (χ3v) is 2.98. The fourth-order valence-corrected chi connectivity index (χ4v) is 2.04. The number of hydrogen-bond acceptors (Lipinski definition) is 3.